The van der Waals surface area contributed by atoms with Gasteiger partial charge in [-0.15, -0.1) is 0 Å². The fourth-order valence-corrected chi connectivity index (χ4v) is 4.92. The number of benzene rings is 3. The van der Waals surface area contributed by atoms with E-state index in [1.807, 2.05) is 30.3 Å². The van der Waals surface area contributed by atoms with Gasteiger partial charge in [0.05, 0.1) is 12.3 Å². The van der Waals surface area contributed by atoms with Crippen LogP contribution in [-0.2, 0) is 9.59 Å². The summed E-state index contributed by atoms with van der Waals surface area (Å²) < 4.78 is 20.3. The average molecular weight is 532 g/mol. The van der Waals surface area contributed by atoms with Gasteiger partial charge in [0.15, 0.2) is 0 Å². The Morgan fingerprint density at radius 2 is 1.77 bits per heavy atom. The molecule has 5 rings (SSSR count). The number of halogens is 1. The molecule has 1 heterocycles. The SMILES string of the molecule is CC(c1ccccc1)C(C(=O)Nc1ccc(C2CC2)cc1F)N1C(=O)NC(c2ccc(OCCO)cc2)C1=O. The van der Waals surface area contributed by atoms with E-state index in [1.165, 1.54) is 12.1 Å². The normalized spacial score (nSPS) is 18.4. The fraction of sp³-hybridized carbons (Fsp3) is 0.300. The van der Waals surface area contributed by atoms with E-state index < -0.39 is 41.7 Å². The van der Waals surface area contributed by atoms with Gasteiger partial charge < -0.3 is 20.5 Å². The van der Waals surface area contributed by atoms with Gasteiger partial charge in [-0.2, -0.15) is 0 Å². The van der Waals surface area contributed by atoms with Crippen LogP contribution in [0.4, 0.5) is 14.9 Å². The third kappa shape index (κ3) is 5.63. The molecular weight excluding hydrogens is 501 g/mol. The summed E-state index contributed by atoms with van der Waals surface area (Å²) in [6.45, 7) is 1.75. The largest absolute Gasteiger partial charge is 0.491 e. The van der Waals surface area contributed by atoms with Crippen LogP contribution in [-0.4, -0.2) is 47.1 Å². The van der Waals surface area contributed by atoms with E-state index in [0.717, 1.165) is 28.9 Å². The van der Waals surface area contributed by atoms with Crippen LogP contribution in [0.3, 0.4) is 0 Å². The van der Waals surface area contributed by atoms with Gasteiger partial charge >= 0.3 is 6.03 Å². The molecule has 9 heteroatoms. The Labute approximate surface area is 225 Å². The van der Waals surface area contributed by atoms with E-state index in [0.29, 0.717) is 17.2 Å². The molecule has 3 N–H and O–H groups in total. The highest BCUT2D eigenvalue weighted by Crippen LogP contribution is 2.41. The lowest BCUT2D eigenvalue weighted by atomic mass is 9.91. The second-order valence-electron chi connectivity index (χ2n) is 9.88. The highest BCUT2D eigenvalue weighted by atomic mass is 19.1. The van der Waals surface area contributed by atoms with Crippen LogP contribution >= 0.6 is 0 Å². The third-order valence-corrected chi connectivity index (χ3v) is 7.19. The Morgan fingerprint density at radius 3 is 2.41 bits per heavy atom. The van der Waals surface area contributed by atoms with Crippen molar-refractivity contribution in [3.05, 3.63) is 95.3 Å². The van der Waals surface area contributed by atoms with Gasteiger partial charge in [-0.05, 0) is 59.7 Å². The zero-order valence-electron chi connectivity index (χ0n) is 21.5. The number of rotatable bonds is 10. The number of urea groups is 1. The number of aliphatic hydroxyl groups is 1. The van der Waals surface area contributed by atoms with Crippen molar-refractivity contribution in [1.82, 2.24) is 10.2 Å². The van der Waals surface area contributed by atoms with Crippen LogP contribution in [0.1, 0.15) is 54.3 Å². The van der Waals surface area contributed by atoms with Crippen molar-refractivity contribution < 1.29 is 28.6 Å². The number of nitrogens with one attached hydrogen (secondary N) is 2. The topological polar surface area (TPSA) is 108 Å². The monoisotopic (exact) mass is 531 g/mol. The summed E-state index contributed by atoms with van der Waals surface area (Å²) >= 11 is 0. The summed E-state index contributed by atoms with van der Waals surface area (Å²) in [6.07, 6.45) is 2.04. The van der Waals surface area contributed by atoms with Crippen molar-refractivity contribution >= 4 is 23.5 Å². The highest BCUT2D eigenvalue weighted by Gasteiger charge is 2.47. The van der Waals surface area contributed by atoms with Gasteiger partial charge in [0.2, 0.25) is 5.91 Å². The Bertz CT molecular complexity index is 1360. The molecule has 3 aromatic carbocycles. The highest BCUT2D eigenvalue weighted by molar-refractivity contribution is 6.10. The zero-order valence-corrected chi connectivity index (χ0v) is 21.5. The first-order valence-electron chi connectivity index (χ1n) is 13.0. The van der Waals surface area contributed by atoms with E-state index in [1.54, 1.807) is 37.3 Å². The molecular formula is C30H30FN3O5. The van der Waals surface area contributed by atoms with Crippen LogP contribution in [0.5, 0.6) is 5.75 Å². The molecule has 0 aromatic heterocycles. The van der Waals surface area contributed by atoms with Gasteiger partial charge in [-0.25, -0.2) is 14.1 Å². The molecule has 1 aliphatic heterocycles. The molecule has 8 nitrogen and oxygen atoms in total. The number of hydrogen-bond donors (Lipinski definition) is 3. The summed E-state index contributed by atoms with van der Waals surface area (Å²) in [5.41, 5.74) is 2.15. The quantitative estimate of drug-likeness (QED) is 0.335. The van der Waals surface area contributed by atoms with Crippen LogP contribution in [0, 0.1) is 5.82 Å². The number of hydrogen-bond acceptors (Lipinski definition) is 5. The number of imide groups is 1. The van der Waals surface area contributed by atoms with Gasteiger partial charge in [-0.3, -0.25) is 9.59 Å². The first-order valence-corrected chi connectivity index (χ1v) is 13.0. The molecule has 3 unspecified atom stereocenters. The van der Waals surface area contributed by atoms with Crippen molar-refractivity contribution in [3.63, 3.8) is 0 Å². The molecule has 4 amide bonds. The summed E-state index contributed by atoms with van der Waals surface area (Å²) in [5.74, 6) is -1.53. The van der Waals surface area contributed by atoms with Gasteiger partial charge in [0.1, 0.15) is 30.3 Å². The molecule has 3 aromatic rings. The molecule has 1 saturated heterocycles. The van der Waals surface area contributed by atoms with Crippen LogP contribution < -0.4 is 15.4 Å². The molecule has 3 atom stereocenters. The van der Waals surface area contributed by atoms with Gasteiger partial charge in [-0.1, -0.05) is 55.5 Å². The standard InChI is InChI=1S/C30H30FN3O5/c1-18(19-5-3-2-4-6-19)27(28(36)32-25-14-11-22(17-24(25)31)20-7-8-20)34-29(37)26(33-30(34)38)21-9-12-23(13-10-21)39-16-15-35/h2-6,9-14,17-18,20,26-27,35H,7-8,15-16H2,1H3,(H,32,36)(H,33,38). The number of nitrogens with zero attached hydrogens (tertiary/aromatic N) is 1. The first kappa shape index (κ1) is 26.4. The van der Waals surface area contributed by atoms with Crippen molar-refractivity contribution in [2.75, 3.05) is 18.5 Å². The summed E-state index contributed by atoms with van der Waals surface area (Å²) in [7, 11) is 0. The molecule has 0 radical (unpaired) electrons. The maximum absolute atomic E-state index is 14.9. The Hall–Kier alpha value is -4.24. The van der Waals surface area contributed by atoms with Crippen LogP contribution in [0.2, 0.25) is 0 Å². The Kier molecular flexibility index (Phi) is 7.60. The molecule has 2 aliphatic rings. The predicted molar refractivity (Wildman–Crippen MR) is 143 cm³/mol. The van der Waals surface area contributed by atoms with Gasteiger partial charge in [0, 0.05) is 5.92 Å². The Balaban J connectivity index is 1.42. The predicted octanol–water partition coefficient (Wildman–Crippen LogP) is 4.48. The van der Waals surface area contributed by atoms with Crippen molar-refractivity contribution in [2.24, 2.45) is 0 Å². The van der Waals surface area contributed by atoms with Crippen LogP contribution in [0.25, 0.3) is 0 Å². The minimum absolute atomic E-state index is 0.00302. The lowest BCUT2D eigenvalue weighted by Gasteiger charge is -2.30. The van der Waals surface area contributed by atoms with E-state index >= 15 is 0 Å². The van der Waals surface area contributed by atoms with Gasteiger partial charge in [0.25, 0.3) is 5.91 Å². The minimum Gasteiger partial charge on any atom is -0.491 e. The van der Waals surface area contributed by atoms with Crippen molar-refractivity contribution in [1.29, 1.82) is 0 Å². The van der Waals surface area contributed by atoms with Crippen molar-refractivity contribution in [3.8, 4) is 5.75 Å². The number of aliphatic hydroxyl groups excluding tert-OH is 1. The number of ether oxygens (including phenoxy) is 1. The third-order valence-electron chi connectivity index (χ3n) is 7.19. The smallest absolute Gasteiger partial charge is 0.325 e. The van der Waals surface area contributed by atoms with Crippen molar-refractivity contribution in [2.45, 2.75) is 43.7 Å². The number of amides is 4. The second-order valence-corrected chi connectivity index (χ2v) is 9.88. The average Bonchev–Trinajstić information content (AvgIpc) is 3.76. The molecule has 1 aliphatic carbocycles. The zero-order chi connectivity index (χ0) is 27.5. The lowest BCUT2D eigenvalue weighted by molar-refractivity contribution is -0.134. The fourth-order valence-electron chi connectivity index (χ4n) is 4.92. The molecule has 2 fully saturated rings. The first-order chi connectivity index (χ1) is 18.9. The summed E-state index contributed by atoms with van der Waals surface area (Å²) in [6, 6.07) is 17.5. The Morgan fingerprint density at radius 1 is 1.08 bits per heavy atom. The van der Waals surface area contributed by atoms with E-state index in [9.17, 15) is 18.8 Å². The maximum atomic E-state index is 14.9. The van der Waals surface area contributed by atoms with E-state index in [-0.39, 0.29) is 18.9 Å². The maximum Gasteiger partial charge on any atom is 0.325 e. The number of carbonyl (C=O) groups excluding carboxylic acids is 3. The minimum atomic E-state index is -1.24. The molecule has 39 heavy (non-hydrogen) atoms. The second kappa shape index (κ2) is 11.2. The van der Waals surface area contributed by atoms with E-state index in [4.69, 9.17) is 9.84 Å². The van der Waals surface area contributed by atoms with Crippen LogP contribution in [0.15, 0.2) is 72.8 Å². The summed E-state index contributed by atoms with van der Waals surface area (Å²) in [4.78, 5) is 41.4. The molecule has 0 bridgehead atoms. The molecule has 0 spiro atoms. The molecule has 202 valence electrons. The number of anilines is 1. The lowest BCUT2D eigenvalue weighted by Crippen LogP contribution is -2.50. The number of carbonyl (C=O) groups is 3. The summed E-state index contributed by atoms with van der Waals surface area (Å²) in [5, 5.41) is 14.2. The van der Waals surface area contributed by atoms with E-state index in [2.05, 4.69) is 10.6 Å². The molecule has 1 saturated carbocycles.